The number of piperidine rings is 1. The Hall–Kier alpha value is -1.59. The molecule has 7 heteroatoms. The fraction of sp³-hybridized carbons (Fsp3) is 0.400. The zero-order valence-corrected chi connectivity index (χ0v) is 13.6. The van der Waals surface area contributed by atoms with Gasteiger partial charge in [0.15, 0.2) is 0 Å². The number of amides is 1. The van der Waals surface area contributed by atoms with E-state index in [-0.39, 0.29) is 11.8 Å². The minimum Gasteiger partial charge on any atom is -0.425 e. The van der Waals surface area contributed by atoms with Crippen LogP contribution in [0.2, 0.25) is 10.0 Å². The molecular formula is C15H15Cl2N3O2. The van der Waals surface area contributed by atoms with Crippen LogP contribution in [0, 0.1) is 6.92 Å². The average molecular weight is 340 g/mol. The van der Waals surface area contributed by atoms with Crippen molar-refractivity contribution >= 4 is 29.1 Å². The van der Waals surface area contributed by atoms with Gasteiger partial charge in [-0.05, 0) is 31.0 Å². The average Bonchev–Trinajstić information content (AvgIpc) is 2.93. The highest BCUT2D eigenvalue weighted by Crippen LogP contribution is 2.29. The number of likely N-dealkylation sites (tertiary alicyclic amines) is 1. The van der Waals surface area contributed by atoms with Crippen LogP contribution < -0.4 is 0 Å². The quantitative estimate of drug-likeness (QED) is 0.836. The summed E-state index contributed by atoms with van der Waals surface area (Å²) in [4.78, 5) is 14.3. The summed E-state index contributed by atoms with van der Waals surface area (Å²) in [6.45, 7) is 3.06. The largest absolute Gasteiger partial charge is 0.425 e. The molecule has 0 bridgehead atoms. The lowest BCUT2D eigenvalue weighted by Crippen LogP contribution is -2.38. The number of carbonyl (C=O) groups excluding carboxylic acids is 1. The molecule has 1 aromatic carbocycles. The first-order valence-corrected chi connectivity index (χ1v) is 7.84. The van der Waals surface area contributed by atoms with Crippen molar-refractivity contribution in [3.05, 3.63) is 45.6 Å². The van der Waals surface area contributed by atoms with E-state index in [1.54, 1.807) is 30.0 Å². The van der Waals surface area contributed by atoms with Crippen molar-refractivity contribution in [3.8, 4) is 0 Å². The summed E-state index contributed by atoms with van der Waals surface area (Å²) in [6.07, 6.45) is 1.61. The normalized spacial score (nSPS) is 16.0. The molecule has 116 valence electrons. The van der Waals surface area contributed by atoms with E-state index in [0.29, 0.717) is 40.5 Å². The maximum atomic E-state index is 12.5. The molecule has 0 saturated carbocycles. The van der Waals surface area contributed by atoms with Gasteiger partial charge in [0, 0.05) is 31.0 Å². The fourth-order valence-corrected chi connectivity index (χ4v) is 3.13. The first-order chi connectivity index (χ1) is 10.5. The smallest absolute Gasteiger partial charge is 0.255 e. The lowest BCUT2D eigenvalue weighted by Gasteiger charge is -2.30. The third-order valence-electron chi connectivity index (χ3n) is 3.83. The van der Waals surface area contributed by atoms with Crippen molar-refractivity contribution in [1.29, 1.82) is 0 Å². The minimum absolute atomic E-state index is 0.0678. The van der Waals surface area contributed by atoms with Crippen molar-refractivity contribution in [1.82, 2.24) is 15.1 Å². The van der Waals surface area contributed by atoms with E-state index < -0.39 is 0 Å². The van der Waals surface area contributed by atoms with Crippen LogP contribution in [0.3, 0.4) is 0 Å². The highest BCUT2D eigenvalue weighted by Gasteiger charge is 2.28. The molecule has 0 radical (unpaired) electrons. The summed E-state index contributed by atoms with van der Waals surface area (Å²) in [5.74, 6) is 1.38. The molecular weight excluding hydrogens is 325 g/mol. The van der Waals surface area contributed by atoms with E-state index in [4.69, 9.17) is 27.6 Å². The van der Waals surface area contributed by atoms with E-state index in [2.05, 4.69) is 10.2 Å². The summed E-state index contributed by atoms with van der Waals surface area (Å²) in [6, 6.07) is 4.93. The zero-order valence-electron chi connectivity index (χ0n) is 12.1. The summed E-state index contributed by atoms with van der Waals surface area (Å²) in [5, 5.41) is 8.82. The van der Waals surface area contributed by atoms with Gasteiger partial charge < -0.3 is 9.32 Å². The molecule has 2 heterocycles. The second kappa shape index (κ2) is 6.26. The second-order valence-corrected chi connectivity index (χ2v) is 6.19. The number of nitrogens with zero attached hydrogens (tertiary/aromatic N) is 3. The van der Waals surface area contributed by atoms with E-state index >= 15 is 0 Å². The summed E-state index contributed by atoms with van der Waals surface area (Å²) in [5.41, 5.74) is 0.484. The van der Waals surface area contributed by atoms with Crippen LogP contribution in [0.5, 0.6) is 0 Å². The van der Waals surface area contributed by atoms with E-state index in [1.165, 1.54) is 0 Å². The van der Waals surface area contributed by atoms with Gasteiger partial charge in [-0.1, -0.05) is 23.2 Å². The molecule has 2 aromatic rings. The summed E-state index contributed by atoms with van der Waals surface area (Å²) in [7, 11) is 0. The van der Waals surface area contributed by atoms with Gasteiger partial charge in [0.25, 0.3) is 5.91 Å². The van der Waals surface area contributed by atoms with E-state index in [1.807, 2.05) is 0 Å². The molecule has 1 amide bonds. The van der Waals surface area contributed by atoms with Crippen molar-refractivity contribution in [3.63, 3.8) is 0 Å². The highest BCUT2D eigenvalue weighted by molar-refractivity contribution is 6.36. The van der Waals surface area contributed by atoms with Crippen molar-refractivity contribution in [2.24, 2.45) is 0 Å². The number of carbonyl (C=O) groups is 1. The predicted molar refractivity (Wildman–Crippen MR) is 83.4 cm³/mol. The Morgan fingerprint density at radius 3 is 2.59 bits per heavy atom. The third kappa shape index (κ3) is 3.10. The molecule has 0 aliphatic carbocycles. The Balaban J connectivity index is 1.67. The topological polar surface area (TPSA) is 59.2 Å². The van der Waals surface area contributed by atoms with Crippen LogP contribution in [0.4, 0.5) is 0 Å². The molecule has 0 spiro atoms. The zero-order chi connectivity index (χ0) is 15.7. The molecule has 0 N–H and O–H groups in total. The number of hydrogen-bond donors (Lipinski definition) is 0. The molecule has 22 heavy (non-hydrogen) atoms. The van der Waals surface area contributed by atoms with Gasteiger partial charge in [-0.3, -0.25) is 4.79 Å². The number of rotatable bonds is 2. The second-order valence-electron chi connectivity index (χ2n) is 5.35. The van der Waals surface area contributed by atoms with Gasteiger partial charge in [0.1, 0.15) is 0 Å². The Kier molecular flexibility index (Phi) is 4.36. The van der Waals surface area contributed by atoms with Gasteiger partial charge >= 0.3 is 0 Å². The van der Waals surface area contributed by atoms with Crippen molar-refractivity contribution in [2.75, 3.05) is 13.1 Å². The maximum Gasteiger partial charge on any atom is 0.255 e. The molecule has 1 fully saturated rings. The minimum atomic E-state index is -0.0678. The van der Waals surface area contributed by atoms with Gasteiger partial charge in [-0.2, -0.15) is 0 Å². The lowest BCUT2D eigenvalue weighted by molar-refractivity contribution is 0.0706. The Labute approximate surface area is 138 Å². The van der Waals surface area contributed by atoms with Crippen LogP contribution in [0.1, 0.15) is 40.9 Å². The van der Waals surface area contributed by atoms with Crippen LogP contribution in [0.15, 0.2) is 22.6 Å². The van der Waals surface area contributed by atoms with Crippen LogP contribution in [-0.4, -0.2) is 34.1 Å². The van der Waals surface area contributed by atoms with Gasteiger partial charge in [-0.25, -0.2) is 0 Å². The standard InChI is InChI=1S/C15H15Cl2N3O2/c1-9-18-19-14(22-9)10-4-6-20(7-5-10)15(21)12-3-2-11(16)8-13(12)17/h2-3,8,10H,4-7H2,1H3. The van der Waals surface area contributed by atoms with E-state index in [0.717, 1.165) is 12.8 Å². The lowest BCUT2D eigenvalue weighted by atomic mass is 9.96. The molecule has 1 aliphatic heterocycles. The first kappa shape index (κ1) is 15.3. The Morgan fingerprint density at radius 1 is 1.27 bits per heavy atom. The molecule has 1 aliphatic rings. The summed E-state index contributed by atoms with van der Waals surface area (Å²) >= 11 is 12.0. The number of benzene rings is 1. The monoisotopic (exact) mass is 339 g/mol. The number of halogens is 2. The predicted octanol–water partition coefficient (Wildman–Crippen LogP) is 3.70. The first-order valence-electron chi connectivity index (χ1n) is 7.09. The van der Waals surface area contributed by atoms with Crippen LogP contribution >= 0.6 is 23.2 Å². The SMILES string of the molecule is Cc1nnc(C2CCN(C(=O)c3ccc(Cl)cc3Cl)CC2)o1. The Bertz CT molecular complexity index is 694. The molecule has 1 saturated heterocycles. The van der Waals surface area contributed by atoms with Crippen LogP contribution in [-0.2, 0) is 0 Å². The molecule has 0 unspecified atom stereocenters. The fourth-order valence-electron chi connectivity index (χ4n) is 2.64. The molecule has 5 nitrogen and oxygen atoms in total. The van der Waals surface area contributed by atoms with Gasteiger partial charge in [0.2, 0.25) is 11.8 Å². The Morgan fingerprint density at radius 2 is 2.00 bits per heavy atom. The van der Waals surface area contributed by atoms with Crippen LogP contribution in [0.25, 0.3) is 0 Å². The van der Waals surface area contributed by atoms with Crippen molar-refractivity contribution < 1.29 is 9.21 Å². The van der Waals surface area contributed by atoms with Gasteiger partial charge in [-0.15, -0.1) is 10.2 Å². The third-order valence-corrected chi connectivity index (χ3v) is 4.38. The number of aromatic nitrogens is 2. The maximum absolute atomic E-state index is 12.5. The highest BCUT2D eigenvalue weighted by atomic mass is 35.5. The van der Waals surface area contributed by atoms with Gasteiger partial charge in [0.05, 0.1) is 10.6 Å². The summed E-state index contributed by atoms with van der Waals surface area (Å²) < 4.78 is 5.47. The molecule has 0 atom stereocenters. The van der Waals surface area contributed by atoms with E-state index in [9.17, 15) is 4.79 Å². The molecule has 1 aromatic heterocycles. The van der Waals surface area contributed by atoms with Crippen molar-refractivity contribution in [2.45, 2.75) is 25.7 Å². The number of aryl methyl sites for hydroxylation is 1. The molecule has 3 rings (SSSR count). The number of hydrogen-bond acceptors (Lipinski definition) is 4.